The third-order valence-electron chi connectivity index (χ3n) is 3.64. The van der Waals surface area contributed by atoms with Crippen LogP contribution in [-0.2, 0) is 6.54 Å². The first-order chi connectivity index (χ1) is 9.33. The summed E-state index contributed by atoms with van der Waals surface area (Å²) in [7, 11) is 0. The first kappa shape index (κ1) is 14.7. The Balaban J connectivity index is 1.81. The van der Waals surface area contributed by atoms with E-state index in [4.69, 9.17) is 4.74 Å². The summed E-state index contributed by atoms with van der Waals surface area (Å²) < 4.78 is 5.46. The maximum Gasteiger partial charge on any atom is 0.119 e. The molecule has 0 radical (unpaired) electrons. The van der Waals surface area contributed by atoms with Crippen molar-refractivity contribution in [3.63, 3.8) is 0 Å². The number of ether oxygens (including phenoxy) is 1. The summed E-state index contributed by atoms with van der Waals surface area (Å²) in [4.78, 5) is 0. The Morgan fingerprint density at radius 2 is 2.00 bits per heavy atom. The van der Waals surface area contributed by atoms with E-state index in [-0.39, 0.29) is 0 Å². The smallest absolute Gasteiger partial charge is 0.119 e. The molecule has 19 heavy (non-hydrogen) atoms. The fourth-order valence-corrected chi connectivity index (χ4v) is 3.92. The van der Waals surface area contributed by atoms with Crippen molar-refractivity contribution in [2.45, 2.75) is 50.9 Å². The van der Waals surface area contributed by atoms with Crippen LogP contribution in [0.4, 0.5) is 0 Å². The molecule has 1 saturated carbocycles. The van der Waals surface area contributed by atoms with Crippen molar-refractivity contribution in [1.29, 1.82) is 0 Å². The highest BCUT2D eigenvalue weighted by atomic mass is 32.2. The van der Waals surface area contributed by atoms with Crippen LogP contribution in [0.2, 0.25) is 0 Å². The van der Waals surface area contributed by atoms with Crippen LogP contribution in [0, 0.1) is 0 Å². The molecule has 0 aromatic heterocycles. The van der Waals surface area contributed by atoms with Crippen LogP contribution in [0.15, 0.2) is 24.3 Å². The molecule has 1 aromatic carbocycles. The second-order valence-electron chi connectivity index (χ2n) is 4.99. The number of hydrogen-bond donors (Lipinski definition) is 1. The number of hydrogen-bond acceptors (Lipinski definition) is 3. The first-order valence-electron chi connectivity index (χ1n) is 7.40. The predicted octanol–water partition coefficient (Wildman–Crippen LogP) is 3.85. The Morgan fingerprint density at radius 1 is 1.21 bits per heavy atom. The lowest BCUT2D eigenvalue weighted by Gasteiger charge is -2.20. The van der Waals surface area contributed by atoms with Crippen molar-refractivity contribution in [3.05, 3.63) is 29.8 Å². The molecule has 0 aliphatic heterocycles. The average Bonchev–Trinajstić information content (AvgIpc) is 2.86. The molecule has 0 bridgehead atoms. The first-order valence-corrected chi connectivity index (χ1v) is 8.45. The van der Waals surface area contributed by atoms with Gasteiger partial charge in [0.2, 0.25) is 0 Å². The highest BCUT2D eigenvalue weighted by Gasteiger charge is 2.26. The van der Waals surface area contributed by atoms with Crippen LogP contribution in [0.25, 0.3) is 0 Å². The summed E-state index contributed by atoms with van der Waals surface area (Å²) in [5.74, 6) is 2.19. The summed E-state index contributed by atoms with van der Waals surface area (Å²) in [6.45, 7) is 5.97. The van der Waals surface area contributed by atoms with Gasteiger partial charge in [0, 0.05) is 17.8 Å². The van der Waals surface area contributed by atoms with Crippen LogP contribution in [0.1, 0.15) is 38.7 Å². The molecule has 0 spiro atoms. The van der Waals surface area contributed by atoms with E-state index in [9.17, 15) is 0 Å². The molecule has 3 heteroatoms. The summed E-state index contributed by atoms with van der Waals surface area (Å²) in [6, 6.07) is 9.14. The molecule has 2 atom stereocenters. The Labute approximate surface area is 121 Å². The largest absolute Gasteiger partial charge is 0.494 e. The Hall–Kier alpha value is -0.670. The van der Waals surface area contributed by atoms with Gasteiger partial charge >= 0.3 is 0 Å². The minimum absolute atomic E-state index is 0.691. The van der Waals surface area contributed by atoms with E-state index in [1.54, 1.807) is 0 Å². The molecule has 1 aromatic rings. The second kappa shape index (κ2) is 7.81. The van der Waals surface area contributed by atoms with Gasteiger partial charge in [0.05, 0.1) is 6.61 Å². The molecule has 2 rings (SSSR count). The normalized spacial score (nSPS) is 22.6. The summed E-state index contributed by atoms with van der Waals surface area (Å²) in [5, 5.41) is 4.54. The van der Waals surface area contributed by atoms with Gasteiger partial charge in [-0.15, -0.1) is 0 Å². The standard InChI is InChI=1S/C16H25NOS/c1-3-18-14-10-8-13(9-11-14)12-17-15-6-5-7-16(15)19-4-2/h8-11,15-17H,3-7,12H2,1-2H3. The third-order valence-corrected chi connectivity index (χ3v) is 4.96. The van der Waals surface area contributed by atoms with E-state index in [0.29, 0.717) is 6.04 Å². The molecule has 0 saturated heterocycles. The van der Waals surface area contributed by atoms with Crippen LogP contribution in [0.5, 0.6) is 5.75 Å². The molecule has 1 aliphatic rings. The SMILES string of the molecule is CCOc1ccc(CNC2CCCC2SCC)cc1. The molecule has 2 nitrogen and oxygen atoms in total. The van der Waals surface area contributed by atoms with Gasteiger partial charge in [0.1, 0.15) is 5.75 Å². The molecule has 2 unspecified atom stereocenters. The van der Waals surface area contributed by atoms with Gasteiger partial charge in [-0.3, -0.25) is 0 Å². The molecular formula is C16H25NOS. The number of thioether (sulfide) groups is 1. The van der Waals surface area contributed by atoms with E-state index < -0.39 is 0 Å². The molecule has 0 heterocycles. The zero-order valence-corrected chi connectivity index (χ0v) is 12.8. The van der Waals surface area contributed by atoms with Gasteiger partial charge in [0.15, 0.2) is 0 Å². The number of benzene rings is 1. The highest BCUT2D eigenvalue weighted by Crippen LogP contribution is 2.30. The van der Waals surface area contributed by atoms with E-state index >= 15 is 0 Å². The van der Waals surface area contributed by atoms with Crippen molar-refractivity contribution in [1.82, 2.24) is 5.32 Å². The van der Waals surface area contributed by atoms with Crippen LogP contribution < -0.4 is 10.1 Å². The Morgan fingerprint density at radius 3 is 2.68 bits per heavy atom. The Bertz CT molecular complexity index is 366. The second-order valence-corrected chi connectivity index (χ2v) is 6.51. The molecular weight excluding hydrogens is 254 g/mol. The summed E-state index contributed by atoms with van der Waals surface area (Å²) in [5.41, 5.74) is 1.34. The van der Waals surface area contributed by atoms with Crippen LogP contribution in [-0.4, -0.2) is 23.7 Å². The van der Waals surface area contributed by atoms with Gasteiger partial charge < -0.3 is 10.1 Å². The fraction of sp³-hybridized carbons (Fsp3) is 0.625. The Kier molecular flexibility index (Phi) is 6.05. The van der Waals surface area contributed by atoms with E-state index in [1.807, 2.05) is 6.92 Å². The number of nitrogens with one attached hydrogen (secondary N) is 1. The van der Waals surface area contributed by atoms with Gasteiger partial charge in [-0.1, -0.05) is 25.5 Å². The monoisotopic (exact) mass is 279 g/mol. The maximum absolute atomic E-state index is 5.46. The summed E-state index contributed by atoms with van der Waals surface area (Å²) >= 11 is 2.11. The minimum Gasteiger partial charge on any atom is -0.494 e. The minimum atomic E-state index is 0.691. The third kappa shape index (κ3) is 4.43. The van der Waals surface area contributed by atoms with Crippen LogP contribution >= 0.6 is 11.8 Å². The van der Waals surface area contributed by atoms with Gasteiger partial charge in [0.25, 0.3) is 0 Å². The zero-order valence-electron chi connectivity index (χ0n) is 12.0. The number of rotatable bonds is 7. The van der Waals surface area contributed by atoms with E-state index in [1.165, 1.54) is 30.6 Å². The van der Waals surface area contributed by atoms with Crippen molar-refractivity contribution in [3.8, 4) is 5.75 Å². The van der Waals surface area contributed by atoms with Gasteiger partial charge in [-0.05, 0) is 43.2 Å². The summed E-state index contributed by atoms with van der Waals surface area (Å²) in [6.07, 6.45) is 4.08. The quantitative estimate of drug-likeness (QED) is 0.819. The molecule has 1 fully saturated rings. The van der Waals surface area contributed by atoms with Crippen molar-refractivity contribution < 1.29 is 4.74 Å². The van der Waals surface area contributed by atoms with E-state index in [2.05, 4.69) is 48.3 Å². The zero-order chi connectivity index (χ0) is 13.5. The lowest BCUT2D eigenvalue weighted by Crippen LogP contribution is -2.33. The van der Waals surface area contributed by atoms with Gasteiger partial charge in [-0.2, -0.15) is 11.8 Å². The molecule has 106 valence electrons. The fourth-order valence-electron chi connectivity index (χ4n) is 2.69. The highest BCUT2D eigenvalue weighted by molar-refractivity contribution is 7.99. The maximum atomic E-state index is 5.46. The van der Waals surface area contributed by atoms with Crippen molar-refractivity contribution in [2.75, 3.05) is 12.4 Å². The topological polar surface area (TPSA) is 21.3 Å². The van der Waals surface area contributed by atoms with Crippen molar-refractivity contribution in [2.24, 2.45) is 0 Å². The van der Waals surface area contributed by atoms with Crippen LogP contribution in [0.3, 0.4) is 0 Å². The average molecular weight is 279 g/mol. The lowest BCUT2D eigenvalue weighted by atomic mass is 10.2. The molecule has 1 N–H and O–H groups in total. The van der Waals surface area contributed by atoms with Gasteiger partial charge in [-0.25, -0.2) is 0 Å². The van der Waals surface area contributed by atoms with Crippen molar-refractivity contribution >= 4 is 11.8 Å². The van der Waals surface area contributed by atoms with E-state index in [0.717, 1.165) is 24.2 Å². The predicted molar refractivity (Wildman–Crippen MR) is 84.0 cm³/mol. The molecule has 1 aliphatic carbocycles. The molecule has 0 amide bonds. The lowest BCUT2D eigenvalue weighted by molar-refractivity contribution is 0.340.